The lowest BCUT2D eigenvalue weighted by atomic mass is 10.1. The third-order valence-electron chi connectivity index (χ3n) is 5.29. The molecule has 2 heterocycles. The SMILES string of the molecule is Cc1sc(C(=O)NC2CCOCC2)cc1[C@@H]1C[C@H]1NCC1CC1.Cl. The van der Waals surface area contributed by atoms with Crippen molar-refractivity contribution in [2.75, 3.05) is 19.8 Å². The van der Waals surface area contributed by atoms with Gasteiger partial charge in [0.15, 0.2) is 0 Å². The highest BCUT2D eigenvalue weighted by Gasteiger charge is 2.40. The van der Waals surface area contributed by atoms with Gasteiger partial charge in [0.2, 0.25) is 0 Å². The van der Waals surface area contributed by atoms with Gasteiger partial charge in [0.1, 0.15) is 0 Å². The molecular formula is C18H27ClN2O2S. The maximum absolute atomic E-state index is 12.5. The minimum Gasteiger partial charge on any atom is -0.381 e. The molecule has 2 saturated carbocycles. The van der Waals surface area contributed by atoms with Crippen LogP contribution < -0.4 is 10.6 Å². The monoisotopic (exact) mass is 370 g/mol. The third-order valence-corrected chi connectivity index (χ3v) is 6.36. The van der Waals surface area contributed by atoms with Crippen LogP contribution in [0.15, 0.2) is 6.07 Å². The van der Waals surface area contributed by atoms with Crippen LogP contribution in [-0.4, -0.2) is 37.7 Å². The zero-order valence-electron chi connectivity index (χ0n) is 14.2. The molecule has 24 heavy (non-hydrogen) atoms. The molecule has 0 bridgehead atoms. The van der Waals surface area contributed by atoms with E-state index in [2.05, 4.69) is 23.6 Å². The van der Waals surface area contributed by atoms with Gasteiger partial charge in [-0.2, -0.15) is 0 Å². The van der Waals surface area contributed by atoms with E-state index in [1.807, 2.05) is 0 Å². The Kier molecular flexibility index (Phi) is 5.85. The molecule has 0 spiro atoms. The average molecular weight is 371 g/mol. The molecular weight excluding hydrogens is 344 g/mol. The van der Waals surface area contributed by atoms with Gasteiger partial charge in [0, 0.05) is 36.1 Å². The Morgan fingerprint density at radius 3 is 2.75 bits per heavy atom. The van der Waals surface area contributed by atoms with Crippen molar-refractivity contribution < 1.29 is 9.53 Å². The first kappa shape index (κ1) is 18.2. The maximum Gasteiger partial charge on any atom is 0.261 e. The van der Waals surface area contributed by atoms with Crippen LogP contribution in [0.3, 0.4) is 0 Å². The van der Waals surface area contributed by atoms with Gasteiger partial charge in [-0.05, 0) is 63.1 Å². The number of carbonyl (C=O) groups excluding carboxylic acids is 1. The summed E-state index contributed by atoms with van der Waals surface area (Å²) >= 11 is 1.65. The molecule has 0 unspecified atom stereocenters. The van der Waals surface area contributed by atoms with E-state index in [1.165, 1.54) is 36.2 Å². The molecule has 4 rings (SSSR count). The van der Waals surface area contributed by atoms with E-state index in [4.69, 9.17) is 4.74 Å². The number of hydrogen-bond donors (Lipinski definition) is 2. The van der Waals surface area contributed by atoms with Gasteiger partial charge in [-0.3, -0.25) is 4.79 Å². The molecule has 6 heteroatoms. The Morgan fingerprint density at radius 2 is 2.04 bits per heavy atom. The molecule has 1 saturated heterocycles. The molecule has 4 nitrogen and oxygen atoms in total. The summed E-state index contributed by atoms with van der Waals surface area (Å²) in [5.74, 6) is 1.65. The van der Waals surface area contributed by atoms with Crippen LogP contribution in [0.25, 0.3) is 0 Å². The van der Waals surface area contributed by atoms with Crippen LogP contribution in [0, 0.1) is 12.8 Å². The molecule has 0 aromatic carbocycles. The van der Waals surface area contributed by atoms with Crippen molar-refractivity contribution in [3.05, 3.63) is 21.4 Å². The fourth-order valence-corrected chi connectivity index (χ4v) is 4.47. The van der Waals surface area contributed by atoms with Crippen LogP contribution in [0.5, 0.6) is 0 Å². The van der Waals surface area contributed by atoms with Crippen LogP contribution in [0.2, 0.25) is 0 Å². The number of rotatable bonds is 6. The summed E-state index contributed by atoms with van der Waals surface area (Å²) in [6.45, 7) is 4.86. The Bertz CT molecular complexity index is 582. The number of hydrogen-bond acceptors (Lipinski definition) is 4. The number of aryl methyl sites for hydroxylation is 1. The lowest BCUT2D eigenvalue weighted by molar-refractivity contribution is 0.0698. The largest absolute Gasteiger partial charge is 0.381 e. The first-order valence-electron chi connectivity index (χ1n) is 8.93. The molecule has 1 aromatic heterocycles. The molecule has 1 aliphatic heterocycles. The zero-order valence-corrected chi connectivity index (χ0v) is 15.8. The Labute approximate surface area is 154 Å². The highest BCUT2D eigenvalue weighted by atomic mass is 35.5. The molecule has 0 radical (unpaired) electrons. The molecule has 1 amide bonds. The van der Waals surface area contributed by atoms with Crippen LogP contribution in [0.1, 0.15) is 58.1 Å². The van der Waals surface area contributed by atoms with Crippen molar-refractivity contribution in [3.63, 3.8) is 0 Å². The average Bonchev–Trinajstić information content (AvgIpc) is 3.46. The van der Waals surface area contributed by atoms with Gasteiger partial charge in [0.25, 0.3) is 5.91 Å². The van der Waals surface area contributed by atoms with Gasteiger partial charge in [-0.1, -0.05) is 0 Å². The van der Waals surface area contributed by atoms with Crippen molar-refractivity contribution in [1.82, 2.24) is 10.6 Å². The van der Waals surface area contributed by atoms with E-state index < -0.39 is 0 Å². The highest BCUT2D eigenvalue weighted by Crippen LogP contribution is 2.45. The molecule has 3 aliphatic rings. The van der Waals surface area contributed by atoms with E-state index in [0.29, 0.717) is 12.0 Å². The van der Waals surface area contributed by atoms with Crippen molar-refractivity contribution in [2.45, 2.75) is 57.0 Å². The molecule has 2 N–H and O–H groups in total. The minimum absolute atomic E-state index is 0. The Morgan fingerprint density at radius 1 is 1.29 bits per heavy atom. The van der Waals surface area contributed by atoms with E-state index in [0.717, 1.165) is 36.9 Å². The van der Waals surface area contributed by atoms with Gasteiger partial charge < -0.3 is 15.4 Å². The summed E-state index contributed by atoms with van der Waals surface area (Å²) in [4.78, 5) is 14.6. The van der Waals surface area contributed by atoms with Gasteiger partial charge in [-0.15, -0.1) is 23.7 Å². The van der Waals surface area contributed by atoms with Gasteiger partial charge >= 0.3 is 0 Å². The second-order valence-electron chi connectivity index (χ2n) is 7.28. The fourth-order valence-electron chi connectivity index (χ4n) is 3.48. The normalized spacial score (nSPS) is 26.7. The molecule has 2 aliphatic carbocycles. The van der Waals surface area contributed by atoms with Crippen molar-refractivity contribution in [2.24, 2.45) is 5.92 Å². The van der Waals surface area contributed by atoms with Crippen LogP contribution in [-0.2, 0) is 4.74 Å². The maximum atomic E-state index is 12.5. The number of amides is 1. The smallest absolute Gasteiger partial charge is 0.261 e. The summed E-state index contributed by atoms with van der Waals surface area (Å²) in [6, 6.07) is 3.05. The van der Waals surface area contributed by atoms with E-state index >= 15 is 0 Å². The summed E-state index contributed by atoms with van der Waals surface area (Å²) in [6.07, 6.45) is 5.89. The quantitative estimate of drug-likeness (QED) is 0.808. The van der Waals surface area contributed by atoms with Gasteiger partial charge in [0.05, 0.1) is 4.88 Å². The summed E-state index contributed by atoms with van der Waals surface area (Å²) in [7, 11) is 0. The number of ether oxygens (including phenoxy) is 1. The number of halogens is 1. The Balaban J connectivity index is 0.00000169. The molecule has 1 aromatic rings. The standard InChI is InChI=1S/C18H26N2O2S.ClH/c1-11-14(15-8-16(15)19-10-12-2-3-12)9-17(23-11)18(21)20-13-4-6-22-7-5-13;/h9,12-13,15-16,19H,2-8,10H2,1H3,(H,20,21);1H/t15-,16+;/m0./s1. The van der Waals surface area contributed by atoms with Crippen molar-refractivity contribution in [3.8, 4) is 0 Å². The topological polar surface area (TPSA) is 50.4 Å². The van der Waals surface area contributed by atoms with Crippen LogP contribution >= 0.6 is 23.7 Å². The summed E-state index contributed by atoms with van der Waals surface area (Å²) in [5.41, 5.74) is 1.39. The molecule has 3 fully saturated rings. The number of thiophene rings is 1. The van der Waals surface area contributed by atoms with E-state index in [1.54, 1.807) is 11.3 Å². The molecule has 134 valence electrons. The number of carbonyl (C=O) groups is 1. The minimum atomic E-state index is 0. The Hall–Kier alpha value is -0.620. The second-order valence-corrected chi connectivity index (χ2v) is 8.54. The third kappa shape index (κ3) is 4.31. The van der Waals surface area contributed by atoms with E-state index in [-0.39, 0.29) is 24.4 Å². The molecule has 2 atom stereocenters. The van der Waals surface area contributed by atoms with Crippen LogP contribution in [0.4, 0.5) is 0 Å². The lowest BCUT2D eigenvalue weighted by Gasteiger charge is -2.22. The lowest BCUT2D eigenvalue weighted by Crippen LogP contribution is -2.38. The predicted octanol–water partition coefficient (Wildman–Crippen LogP) is 3.24. The van der Waals surface area contributed by atoms with Gasteiger partial charge in [-0.25, -0.2) is 0 Å². The highest BCUT2D eigenvalue weighted by molar-refractivity contribution is 7.14. The zero-order chi connectivity index (χ0) is 15.8. The summed E-state index contributed by atoms with van der Waals surface area (Å²) in [5, 5.41) is 6.86. The van der Waals surface area contributed by atoms with E-state index in [9.17, 15) is 4.79 Å². The summed E-state index contributed by atoms with van der Waals surface area (Å²) < 4.78 is 5.35. The van der Waals surface area contributed by atoms with Crippen molar-refractivity contribution >= 4 is 29.7 Å². The first-order valence-corrected chi connectivity index (χ1v) is 9.74. The van der Waals surface area contributed by atoms with Crippen molar-refractivity contribution in [1.29, 1.82) is 0 Å². The number of nitrogens with one attached hydrogen (secondary N) is 2. The first-order chi connectivity index (χ1) is 11.2. The fraction of sp³-hybridized carbons (Fsp3) is 0.722. The second kappa shape index (κ2) is 7.73. The predicted molar refractivity (Wildman–Crippen MR) is 99.5 cm³/mol.